The standard InChI is InChI=1S/C6H14N2.2ClH/c7-5-2-1-3-6(8)4-5;;/h5-6H,1-4,7-8H2;2*1H/t5-,6-;;/m1../s1. The minimum atomic E-state index is 0. The summed E-state index contributed by atoms with van der Waals surface area (Å²) in [5, 5.41) is 0. The van der Waals surface area contributed by atoms with E-state index in [-0.39, 0.29) is 24.8 Å². The Bertz CT molecular complexity index is 72.1. The zero-order valence-corrected chi connectivity index (χ0v) is 7.59. The van der Waals surface area contributed by atoms with Crippen molar-refractivity contribution in [1.82, 2.24) is 0 Å². The molecule has 2 nitrogen and oxygen atoms in total. The maximum Gasteiger partial charge on any atom is 0.00535 e. The molecule has 1 aliphatic carbocycles. The Labute approximate surface area is 74.5 Å². The summed E-state index contributed by atoms with van der Waals surface area (Å²) in [6, 6.07) is 0.775. The van der Waals surface area contributed by atoms with E-state index in [1.807, 2.05) is 0 Å². The van der Waals surface area contributed by atoms with Crippen molar-refractivity contribution < 1.29 is 0 Å². The van der Waals surface area contributed by atoms with Gasteiger partial charge in [0.1, 0.15) is 0 Å². The first-order valence-corrected chi connectivity index (χ1v) is 3.30. The third-order valence-electron chi connectivity index (χ3n) is 1.76. The first kappa shape index (κ1) is 13.1. The smallest absolute Gasteiger partial charge is 0.00535 e. The van der Waals surface area contributed by atoms with Crippen molar-refractivity contribution >= 4 is 24.8 Å². The molecule has 2 atom stereocenters. The second-order valence-electron chi connectivity index (χ2n) is 2.69. The summed E-state index contributed by atoms with van der Waals surface area (Å²) in [6.45, 7) is 0. The van der Waals surface area contributed by atoms with E-state index in [4.69, 9.17) is 11.5 Å². The normalized spacial score (nSPS) is 31.8. The van der Waals surface area contributed by atoms with Crippen LogP contribution in [0.2, 0.25) is 0 Å². The van der Waals surface area contributed by atoms with Gasteiger partial charge in [-0.15, -0.1) is 24.8 Å². The second-order valence-corrected chi connectivity index (χ2v) is 2.69. The van der Waals surface area contributed by atoms with Crippen LogP contribution in [0.5, 0.6) is 0 Å². The van der Waals surface area contributed by atoms with Crippen LogP contribution in [0.25, 0.3) is 0 Å². The van der Waals surface area contributed by atoms with Crippen molar-refractivity contribution in [2.24, 2.45) is 11.5 Å². The highest BCUT2D eigenvalue weighted by Gasteiger charge is 2.14. The largest absolute Gasteiger partial charge is 0.328 e. The summed E-state index contributed by atoms with van der Waals surface area (Å²) in [4.78, 5) is 0. The van der Waals surface area contributed by atoms with Gasteiger partial charge >= 0.3 is 0 Å². The van der Waals surface area contributed by atoms with Crippen LogP contribution < -0.4 is 11.5 Å². The first-order valence-electron chi connectivity index (χ1n) is 3.30. The molecule has 0 radical (unpaired) electrons. The van der Waals surface area contributed by atoms with Crippen molar-refractivity contribution in [3.63, 3.8) is 0 Å². The summed E-state index contributed by atoms with van der Waals surface area (Å²) in [7, 11) is 0. The zero-order valence-electron chi connectivity index (χ0n) is 5.95. The average Bonchev–Trinajstić information content (AvgIpc) is 1.64. The highest BCUT2D eigenvalue weighted by atomic mass is 35.5. The van der Waals surface area contributed by atoms with Gasteiger partial charge in [0.05, 0.1) is 0 Å². The molecule has 1 aliphatic rings. The van der Waals surface area contributed by atoms with Crippen LogP contribution in [0.1, 0.15) is 25.7 Å². The average molecular weight is 187 g/mol. The van der Waals surface area contributed by atoms with E-state index in [1.54, 1.807) is 0 Å². The molecule has 0 spiro atoms. The zero-order chi connectivity index (χ0) is 5.98. The maximum absolute atomic E-state index is 5.65. The lowest BCUT2D eigenvalue weighted by Gasteiger charge is -2.22. The molecule has 4 N–H and O–H groups in total. The first-order chi connectivity index (χ1) is 3.79. The number of rotatable bonds is 0. The highest BCUT2D eigenvalue weighted by molar-refractivity contribution is 5.85. The Morgan fingerprint density at radius 1 is 0.900 bits per heavy atom. The van der Waals surface area contributed by atoms with Gasteiger partial charge < -0.3 is 11.5 Å². The van der Waals surface area contributed by atoms with Gasteiger partial charge in [0, 0.05) is 12.1 Å². The molecule has 0 aromatic heterocycles. The Hall–Kier alpha value is 0.500. The van der Waals surface area contributed by atoms with Crippen molar-refractivity contribution in [2.45, 2.75) is 37.8 Å². The molecule has 0 aromatic rings. The molecule has 1 saturated carbocycles. The van der Waals surface area contributed by atoms with Gasteiger partial charge in [-0.25, -0.2) is 0 Å². The van der Waals surface area contributed by atoms with Crippen molar-refractivity contribution in [1.29, 1.82) is 0 Å². The van der Waals surface area contributed by atoms with E-state index in [0.29, 0.717) is 12.1 Å². The Morgan fingerprint density at radius 2 is 1.30 bits per heavy atom. The lowest BCUT2D eigenvalue weighted by molar-refractivity contribution is 0.392. The van der Waals surface area contributed by atoms with Crippen LogP contribution in [-0.4, -0.2) is 12.1 Å². The maximum atomic E-state index is 5.65. The summed E-state index contributed by atoms with van der Waals surface area (Å²) in [5.74, 6) is 0. The molecule has 64 valence electrons. The van der Waals surface area contributed by atoms with Crippen LogP contribution in [0, 0.1) is 0 Å². The van der Waals surface area contributed by atoms with E-state index in [2.05, 4.69) is 0 Å². The number of halogens is 2. The molecule has 4 heteroatoms. The van der Waals surface area contributed by atoms with Crippen LogP contribution in [0.3, 0.4) is 0 Å². The molecular formula is C6H16Cl2N2. The Morgan fingerprint density at radius 3 is 1.50 bits per heavy atom. The van der Waals surface area contributed by atoms with Gasteiger partial charge in [-0.1, -0.05) is 6.42 Å². The fourth-order valence-electron chi connectivity index (χ4n) is 1.27. The topological polar surface area (TPSA) is 52.0 Å². The number of nitrogens with two attached hydrogens (primary N) is 2. The Kier molecular flexibility index (Phi) is 8.17. The monoisotopic (exact) mass is 186 g/mol. The van der Waals surface area contributed by atoms with E-state index in [0.717, 1.165) is 6.42 Å². The molecule has 0 aromatic carbocycles. The molecule has 0 unspecified atom stereocenters. The summed E-state index contributed by atoms with van der Waals surface area (Å²) >= 11 is 0. The molecule has 1 fully saturated rings. The Balaban J connectivity index is 0. The van der Waals surface area contributed by atoms with Gasteiger partial charge in [0.15, 0.2) is 0 Å². The van der Waals surface area contributed by atoms with Gasteiger partial charge in [-0.05, 0) is 19.3 Å². The van der Waals surface area contributed by atoms with Gasteiger partial charge in [-0.2, -0.15) is 0 Å². The second kappa shape index (κ2) is 6.23. The number of hydrogen-bond donors (Lipinski definition) is 2. The van der Waals surface area contributed by atoms with E-state index in [1.165, 1.54) is 19.3 Å². The SMILES string of the molecule is Cl.Cl.N[C@@H]1CCC[C@@H](N)C1. The third-order valence-corrected chi connectivity index (χ3v) is 1.76. The quantitative estimate of drug-likeness (QED) is 0.595. The molecule has 10 heavy (non-hydrogen) atoms. The summed E-state index contributed by atoms with van der Waals surface area (Å²) in [5.41, 5.74) is 11.3. The van der Waals surface area contributed by atoms with E-state index >= 15 is 0 Å². The van der Waals surface area contributed by atoms with Crippen LogP contribution in [0.15, 0.2) is 0 Å². The van der Waals surface area contributed by atoms with Crippen molar-refractivity contribution in [3.8, 4) is 0 Å². The molecule has 0 aliphatic heterocycles. The van der Waals surface area contributed by atoms with Crippen LogP contribution in [-0.2, 0) is 0 Å². The lowest BCUT2D eigenvalue weighted by Crippen LogP contribution is -2.35. The predicted octanol–water partition coefficient (Wildman–Crippen LogP) is 1.06. The molecule has 1 rings (SSSR count). The number of hydrogen-bond acceptors (Lipinski definition) is 2. The van der Waals surface area contributed by atoms with Crippen LogP contribution in [0.4, 0.5) is 0 Å². The third kappa shape index (κ3) is 4.34. The van der Waals surface area contributed by atoms with Gasteiger partial charge in [-0.3, -0.25) is 0 Å². The molecule has 0 heterocycles. The molecule has 0 saturated heterocycles. The van der Waals surface area contributed by atoms with Crippen molar-refractivity contribution in [2.75, 3.05) is 0 Å². The summed E-state index contributed by atoms with van der Waals surface area (Å²) in [6.07, 6.45) is 4.60. The minimum absolute atomic E-state index is 0. The molecule has 0 bridgehead atoms. The van der Waals surface area contributed by atoms with Gasteiger partial charge in [0.25, 0.3) is 0 Å². The highest BCUT2D eigenvalue weighted by Crippen LogP contribution is 2.14. The molecular weight excluding hydrogens is 171 g/mol. The minimum Gasteiger partial charge on any atom is -0.328 e. The summed E-state index contributed by atoms with van der Waals surface area (Å²) < 4.78 is 0. The van der Waals surface area contributed by atoms with E-state index < -0.39 is 0 Å². The fourth-order valence-corrected chi connectivity index (χ4v) is 1.27. The van der Waals surface area contributed by atoms with E-state index in [9.17, 15) is 0 Å². The predicted molar refractivity (Wildman–Crippen MR) is 48.9 cm³/mol. The lowest BCUT2D eigenvalue weighted by atomic mass is 9.92. The van der Waals surface area contributed by atoms with Crippen molar-refractivity contribution in [3.05, 3.63) is 0 Å². The fraction of sp³-hybridized carbons (Fsp3) is 1.00. The van der Waals surface area contributed by atoms with Crippen LogP contribution >= 0.6 is 24.8 Å². The molecule has 0 amide bonds. The van der Waals surface area contributed by atoms with Gasteiger partial charge in [0.2, 0.25) is 0 Å².